The highest BCUT2D eigenvalue weighted by Crippen LogP contribution is 2.33. The maximum atomic E-state index is 12.3. The summed E-state index contributed by atoms with van der Waals surface area (Å²) in [6.45, 7) is 7.38. The lowest BCUT2D eigenvalue weighted by Crippen LogP contribution is -2.16. The van der Waals surface area contributed by atoms with E-state index in [0.717, 1.165) is 10.4 Å². The van der Waals surface area contributed by atoms with Crippen LogP contribution in [-0.2, 0) is 4.74 Å². The van der Waals surface area contributed by atoms with E-state index >= 15 is 0 Å². The van der Waals surface area contributed by atoms with E-state index in [1.165, 1.54) is 11.3 Å². The summed E-state index contributed by atoms with van der Waals surface area (Å²) in [6, 6.07) is 8.91. The molecule has 1 aromatic heterocycles. The predicted molar refractivity (Wildman–Crippen MR) is 88.7 cm³/mol. The molecule has 1 amide bonds. The van der Waals surface area contributed by atoms with Gasteiger partial charge in [0.2, 0.25) is 0 Å². The fraction of sp³-hybridized carbons (Fsp3) is 0.294. The molecular formula is C17H19NO3S. The zero-order valence-corrected chi connectivity index (χ0v) is 13.9. The molecule has 2 aromatic rings. The Morgan fingerprint density at radius 3 is 2.36 bits per heavy atom. The molecule has 0 spiro atoms. The van der Waals surface area contributed by atoms with Gasteiger partial charge in [-0.15, -0.1) is 11.3 Å². The molecule has 0 saturated heterocycles. The van der Waals surface area contributed by atoms with E-state index in [-0.39, 0.29) is 12.0 Å². The number of amides is 1. The summed E-state index contributed by atoms with van der Waals surface area (Å²) in [5.74, 6) is -0.638. The zero-order valence-electron chi connectivity index (χ0n) is 13.1. The van der Waals surface area contributed by atoms with E-state index in [1.807, 2.05) is 19.9 Å². The van der Waals surface area contributed by atoms with Crippen LogP contribution in [-0.4, -0.2) is 18.0 Å². The monoisotopic (exact) mass is 317 g/mol. The Labute approximate surface area is 134 Å². The van der Waals surface area contributed by atoms with E-state index < -0.39 is 5.97 Å². The maximum absolute atomic E-state index is 12.3. The minimum Gasteiger partial charge on any atom is -0.459 e. The largest absolute Gasteiger partial charge is 0.459 e. The fourth-order valence-corrected chi connectivity index (χ4v) is 3.04. The van der Waals surface area contributed by atoms with Crippen molar-refractivity contribution in [2.45, 2.75) is 33.8 Å². The number of esters is 1. The summed E-state index contributed by atoms with van der Waals surface area (Å²) in [7, 11) is 0. The Balaban J connectivity index is 2.30. The van der Waals surface area contributed by atoms with Crippen molar-refractivity contribution in [2.75, 3.05) is 5.32 Å². The second kappa shape index (κ2) is 6.75. The average molecular weight is 317 g/mol. The number of carbonyl (C=O) groups excluding carboxylic acids is 2. The average Bonchev–Trinajstić information content (AvgIpc) is 2.74. The number of thiophene rings is 1. The highest BCUT2D eigenvalue weighted by molar-refractivity contribution is 7.16. The van der Waals surface area contributed by atoms with Gasteiger partial charge in [0, 0.05) is 10.4 Å². The second-order valence-corrected chi connectivity index (χ2v) is 6.49. The van der Waals surface area contributed by atoms with Gasteiger partial charge >= 0.3 is 5.97 Å². The molecule has 0 aliphatic rings. The van der Waals surface area contributed by atoms with Crippen LogP contribution in [0.4, 0.5) is 5.00 Å². The lowest BCUT2D eigenvalue weighted by molar-refractivity contribution is 0.0379. The first kappa shape index (κ1) is 16.2. The molecule has 0 aliphatic carbocycles. The van der Waals surface area contributed by atoms with Gasteiger partial charge in [-0.3, -0.25) is 4.79 Å². The topological polar surface area (TPSA) is 55.4 Å². The van der Waals surface area contributed by atoms with Gasteiger partial charge in [0.05, 0.1) is 11.7 Å². The molecule has 0 saturated carbocycles. The number of rotatable bonds is 4. The minimum atomic E-state index is -0.403. The number of ether oxygens (including phenoxy) is 1. The summed E-state index contributed by atoms with van der Waals surface area (Å²) in [4.78, 5) is 25.5. The molecule has 0 bridgehead atoms. The number of aryl methyl sites for hydroxylation is 1. The summed E-state index contributed by atoms with van der Waals surface area (Å²) in [6.07, 6.45) is -0.204. The van der Waals surface area contributed by atoms with Crippen LogP contribution < -0.4 is 5.32 Å². The Bertz CT molecular complexity index is 689. The quantitative estimate of drug-likeness (QED) is 0.861. The van der Waals surface area contributed by atoms with Crippen LogP contribution in [0.15, 0.2) is 30.3 Å². The van der Waals surface area contributed by atoms with Crippen molar-refractivity contribution in [3.8, 4) is 0 Å². The van der Waals surface area contributed by atoms with Crippen LogP contribution in [0.1, 0.15) is 45.0 Å². The van der Waals surface area contributed by atoms with E-state index in [2.05, 4.69) is 5.32 Å². The summed E-state index contributed by atoms with van der Waals surface area (Å²) >= 11 is 1.39. The van der Waals surface area contributed by atoms with Crippen molar-refractivity contribution in [1.82, 2.24) is 0 Å². The summed E-state index contributed by atoms with van der Waals surface area (Å²) in [5, 5.41) is 3.36. The van der Waals surface area contributed by atoms with E-state index in [4.69, 9.17) is 4.74 Å². The minimum absolute atomic E-state index is 0.204. The first-order chi connectivity index (χ1) is 10.4. The van der Waals surface area contributed by atoms with Gasteiger partial charge < -0.3 is 10.1 Å². The van der Waals surface area contributed by atoms with Crippen molar-refractivity contribution >= 4 is 28.2 Å². The van der Waals surface area contributed by atoms with Crippen molar-refractivity contribution in [3.05, 3.63) is 51.9 Å². The number of nitrogens with one attached hydrogen (secondary N) is 1. The lowest BCUT2D eigenvalue weighted by atomic mass is 10.1. The molecule has 2 rings (SSSR count). The molecule has 0 unspecified atom stereocenters. The highest BCUT2D eigenvalue weighted by atomic mass is 32.1. The van der Waals surface area contributed by atoms with Crippen LogP contribution in [0.25, 0.3) is 0 Å². The standard InChI is InChI=1S/C17H19NO3S/c1-10(2)21-17(20)14-11(3)12(4)22-16(14)18-15(19)13-8-6-5-7-9-13/h5-10H,1-4H3,(H,18,19). The van der Waals surface area contributed by atoms with Crippen molar-refractivity contribution in [1.29, 1.82) is 0 Å². The number of hydrogen-bond acceptors (Lipinski definition) is 4. The molecule has 1 heterocycles. The number of hydrogen-bond donors (Lipinski definition) is 1. The summed E-state index contributed by atoms with van der Waals surface area (Å²) in [5.41, 5.74) is 1.84. The Morgan fingerprint density at radius 2 is 1.77 bits per heavy atom. The Kier molecular flexibility index (Phi) is 4.98. The van der Waals surface area contributed by atoms with Gasteiger partial charge in [-0.05, 0) is 45.4 Å². The third-order valence-corrected chi connectivity index (χ3v) is 4.32. The molecule has 4 nitrogen and oxygen atoms in total. The van der Waals surface area contributed by atoms with E-state index in [0.29, 0.717) is 16.1 Å². The molecule has 0 aliphatic heterocycles. The first-order valence-electron chi connectivity index (χ1n) is 7.07. The molecular weight excluding hydrogens is 298 g/mol. The highest BCUT2D eigenvalue weighted by Gasteiger charge is 2.23. The van der Waals surface area contributed by atoms with Gasteiger partial charge in [-0.2, -0.15) is 0 Å². The fourth-order valence-electron chi connectivity index (χ4n) is 2.00. The van der Waals surface area contributed by atoms with Crippen molar-refractivity contribution < 1.29 is 14.3 Å². The molecule has 5 heteroatoms. The predicted octanol–water partition coefficient (Wildman–Crippen LogP) is 4.18. The summed E-state index contributed by atoms with van der Waals surface area (Å²) < 4.78 is 5.27. The van der Waals surface area contributed by atoms with Crippen LogP contribution in [0.2, 0.25) is 0 Å². The van der Waals surface area contributed by atoms with Gasteiger partial charge in [0.15, 0.2) is 0 Å². The van der Waals surface area contributed by atoms with Crippen LogP contribution in [0.5, 0.6) is 0 Å². The maximum Gasteiger partial charge on any atom is 0.341 e. The van der Waals surface area contributed by atoms with Gasteiger partial charge in [0.1, 0.15) is 5.00 Å². The molecule has 1 aromatic carbocycles. The Hall–Kier alpha value is -2.14. The van der Waals surface area contributed by atoms with Crippen LogP contribution >= 0.6 is 11.3 Å². The van der Waals surface area contributed by atoms with Gasteiger partial charge in [-0.25, -0.2) is 4.79 Å². The molecule has 0 atom stereocenters. The van der Waals surface area contributed by atoms with Crippen molar-refractivity contribution in [2.24, 2.45) is 0 Å². The number of carbonyl (C=O) groups is 2. The second-order valence-electron chi connectivity index (χ2n) is 5.26. The molecule has 0 radical (unpaired) electrons. The molecule has 0 fully saturated rings. The molecule has 116 valence electrons. The zero-order chi connectivity index (χ0) is 16.3. The van der Waals surface area contributed by atoms with Gasteiger partial charge in [-0.1, -0.05) is 18.2 Å². The van der Waals surface area contributed by atoms with Crippen LogP contribution in [0, 0.1) is 13.8 Å². The molecule has 22 heavy (non-hydrogen) atoms. The van der Waals surface area contributed by atoms with E-state index in [9.17, 15) is 9.59 Å². The first-order valence-corrected chi connectivity index (χ1v) is 7.89. The number of benzene rings is 1. The Morgan fingerprint density at radius 1 is 1.14 bits per heavy atom. The van der Waals surface area contributed by atoms with Gasteiger partial charge in [0.25, 0.3) is 5.91 Å². The SMILES string of the molecule is Cc1sc(NC(=O)c2ccccc2)c(C(=O)OC(C)C)c1C. The number of anilines is 1. The van der Waals surface area contributed by atoms with Crippen molar-refractivity contribution in [3.63, 3.8) is 0 Å². The lowest BCUT2D eigenvalue weighted by Gasteiger charge is -2.10. The van der Waals surface area contributed by atoms with E-state index in [1.54, 1.807) is 38.1 Å². The molecule has 1 N–H and O–H groups in total. The normalized spacial score (nSPS) is 10.6. The third kappa shape index (κ3) is 3.54. The van der Waals surface area contributed by atoms with Crippen LogP contribution in [0.3, 0.4) is 0 Å². The smallest absolute Gasteiger partial charge is 0.341 e. The third-order valence-electron chi connectivity index (χ3n) is 3.20.